The molecule has 0 heterocycles. The molecule has 0 aliphatic rings. The van der Waals surface area contributed by atoms with E-state index in [0.29, 0.717) is 12.0 Å². The van der Waals surface area contributed by atoms with Crippen molar-refractivity contribution >= 4 is 5.69 Å². The fourth-order valence-corrected chi connectivity index (χ4v) is 2.42. The summed E-state index contributed by atoms with van der Waals surface area (Å²) >= 11 is 0. The van der Waals surface area contributed by atoms with Gasteiger partial charge in [0.25, 0.3) is 5.69 Å². The number of non-ortho nitro benzene ring substituents is 1. The van der Waals surface area contributed by atoms with E-state index in [1.54, 1.807) is 12.1 Å². The van der Waals surface area contributed by atoms with Gasteiger partial charge >= 0.3 is 0 Å². The standard InChI is InChI=1S/C17H20N2O4/c20-10-9-16(13-5-2-1-3-6-13)18-12-17(21)14-7-4-8-15(11-14)19(22)23/h1-8,11,16-18,20-21H,9-10,12H2. The molecule has 2 aromatic carbocycles. The van der Waals surface area contributed by atoms with E-state index < -0.39 is 11.0 Å². The van der Waals surface area contributed by atoms with Crippen molar-refractivity contribution in [3.63, 3.8) is 0 Å². The second-order valence-electron chi connectivity index (χ2n) is 5.25. The van der Waals surface area contributed by atoms with E-state index in [0.717, 1.165) is 5.56 Å². The smallest absolute Gasteiger partial charge is 0.269 e. The summed E-state index contributed by atoms with van der Waals surface area (Å²) in [5, 5.41) is 33.4. The van der Waals surface area contributed by atoms with E-state index in [1.807, 2.05) is 30.3 Å². The van der Waals surface area contributed by atoms with Crippen molar-refractivity contribution in [1.82, 2.24) is 5.32 Å². The average molecular weight is 316 g/mol. The summed E-state index contributed by atoms with van der Waals surface area (Å²) in [6, 6.07) is 15.5. The van der Waals surface area contributed by atoms with Crippen molar-refractivity contribution in [3.8, 4) is 0 Å². The van der Waals surface area contributed by atoms with E-state index in [2.05, 4.69) is 5.32 Å². The molecule has 0 saturated carbocycles. The van der Waals surface area contributed by atoms with Gasteiger partial charge in [-0.3, -0.25) is 10.1 Å². The van der Waals surface area contributed by atoms with Crippen molar-refractivity contribution in [2.45, 2.75) is 18.6 Å². The van der Waals surface area contributed by atoms with Crippen molar-refractivity contribution < 1.29 is 15.1 Å². The number of hydrogen-bond acceptors (Lipinski definition) is 5. The number of nitro groups is 1. The highest BCUT2D eigenvalue weighted by Gasteiger charge is 2.15. The third-order valence-corrected chi connectivity index (χ3v) is 3.64. The van der Waals surface area contributed by atoms with Gasteiger partial charge in [-0.05, 0) is 17.5 Å². The van der Waals surface area contributed by atoms with Crippen LogP contribution in [0.2, 0.25) is 0 Å². The van der Waals surface area contributed by atoms with Crippen LogP contribution in [0.1, 0.15) is 29.7 Å². The van der Waals surface area contributed by atoms with Crippen LogP contribution in [0.4, 0.5) is 5.69 Å². The minimum Gasteiger partial charge on any atom is -0.396 e. The van der Waals surface area contributed by atoms with Gasteiger partial charge in [-0.25, -0.2) is 0 Å². The lowest BCUT2D eigenvalue weighted by Gasteiger charge is -2.20. The minimum atomic E-state index is -0.861. The Labute approximate surface area is 134 Å². The van der Waals surface area contributed by atoms with Gasteiger partial charge in [0.15, 0.2) is 0 Å². The summed E-state index contributed by atoms with van der Waals surface area (Å²) in [4.78, 5) is 10.3. The Kier molecular flexibility index (Phi) is 6.22. The predicted molar refractivity (Wildman–Crippen MR) is 86.9 cm³/mol. The third kappa shape index (κ3) is 4.85. The summed E-state index contributed by atoms with van der Waals surface area (Å²) in [7, 11) is 0. The summed E-state index contributed by atoms with van der Waals surface area (Å²) in [6.45, 7) is 0.264. The molecule has 0 amide bonds. The fourth-order valence-electron chi connectivity index (χ4n) is 2.42. The van der Waals surface area contributed by atoms with Gasteiger partial charge in [0.1, 0.15) is 0 Å². The van der Waals surface area contributed by atoms with Crippen LogP contribution in [-0.2, 0) is 0 Å². The van der Waals surface area contributed by atoms with Gasteiger partial charge in [-0.15, -0.1) is 0 Å². The van der Waals surface area contributed by atoms with Gasteiger partial charge in [-0.1, -0.05) is 42.5 Å². The first-order valence-corrected chi connectivity index (χ1v) is 7.43. The Morgan fingerprint density at radius 2 is 1.78 bits per heavy atom. The molecule has 0 fully saturated rings. The largest absolute Gasteiger partial charge is 0.396 e. The average Bonchev–Trinajstić information content (AvgIpc) is 2.59. The van der Waals surface area contributed by atoms with Crippen molar-refractivity contribution in [1.29, 1.82) is 0 Å². The van der Waals surface area contributed by atoms with Crippen LogP contribution in [0.5, 0.6) is 0 Å². The molecule has 2 unspecified atom stereocenters. The van der Waals surface area contributed by atoms with E-state index >= 15 is 0 Å². The maximum atomic E-state index is 10.8. The molecule has 0 saturated heterocycles. The van der Waals surface area contributed by atoms with Gasteiger partial charge in [0.05, 0.1) is 11.0 Å². The van der Waals surface area contributed by atoms with Gasteiger partial charge in [0.2, 0.25) is 0 Å². The van der Waals surface area contributed by atoms with Gasteiger partial charge in [-0.2, -0.15) is 0 Å². The van der Waals surface area contributed by atoms with E-state index in [-0.39, 0.29) is 24.9 Å². The molecule has 122 valence electrons. The fraction of sp³-hybridized carbons (Fsp3) is 0.294. The molecule has 0 bridgehead atoms. The zero-order valence-electron chi connectivity index (χ0n) is 12.6. The van der Waals surface area contributed by atoms with Crippen molar-refractivity contribution in [2.24, 2.45) is 0 Å². The SMILES string of the molecule is O=[N+]([O-])c1cccc(C(O)CNC(CCO)c2ccccc2)c1. The summed E-state index contributed by atoms with van der Waals surface area (Å²) in [6.07, 6.45) is -0.342. The number of hydrogen-bond donors (Lipinski definition) is 3. The molecule has 2 aromatic rings. The molecule has 2 rings (SSSR count). The first-order chi connectivity index (χ1) is 11.1. The topological polar surface area (TPSA) is 95.6 Å². The van der Waals surface area contributed by atoms with Crippen LogP contribution in [0.3, 0.4) is 0 Å². The van der Waals surface area contributed by atoms with Crippen molar-refractivity contribution in [2.75, 3.05) is 13.2 Å². The lowest BCUT2D eigenvalue weighted by molar-refractivity contribution is -0.385. The highest BCUT2D eigenvalue weighted by molar-refractivity contribution is 5.35. The van der Waals surface area contributed by atoms with Crippen LogP contribution in [-0.4, -0.2) is 28.3 Å². The second-order valence-corrected chi connectivity index (χ2v) is 5.25. The molecule has 0 spiro atoms. The Bertz CT molecular complexity index is 634. The zero-order valence-corrected chi connectivity index (χ0v) is 12.6. The molecular weight excluding hydrogens is 296 g/mol. The highest BCUT2D eigenvalue weighted by Crippen LogP contribution is 2.21. The zero-order chi connectivity index (χ0) is 16.7. The second kappa shape index (κ2) is 8.38. The molecule has 0 aliphatic heterocycles. The molecule has 2 atom stereocenters. The lowest BCUT2D eigenvalue weighted by Crippen LogP contribution is -2.27. The van der Waals surface area contributed by atoms with Gasteiger partial charge in [0, 0.05) is 31.3 Å². The molecule has 0 aliphatic carbocycles. The summed E-state index contributed by atoms with van der Waals surface area (Å²) in [5.74, 6) is 0. The summed E-state index contributed by atoms with van der Waals surface area (Å²) in [5.41, 5.74) is 1.46. The molecule has 6 nitrogen and oxygen atoms in total. The number of aliphatic hydroxyl groups is 2. The van der Waals surface area contributed by atoms with Crippen LogP contribution >= 0.6 is 0 Å². The molecular formula is C17H20N2O4. The summed E-state index contributed by atoms with van der Waals surface area (Å²) < 4.78 is 0. The maximum Gasteiger partial charge on any atom is 0.269 e. The van der Waals surface area contributed by atoms with Crippen molar-refractivity contribution in [3.05, 3.63) is 75.8 Å². The van der Waals surface area contributed by atoms with Crippen LogP contribution in [0.15, 0.2) is 54.6 Å². The number of nitro benzene ring substituents is 1. The molecule has 6 heteroatoms. The third-order valence-electron chi connectivity index (χ3n) is 3.64. The lowest BCUT2D eigenvalue weighted by atomic mass is 10.0. The monoisotopic (exact) mass is 316 g/mol. The Morgan fingerprint density at radius 1 is 1.09 bits per heavy atom. The number of rotatable bonds is 8. The maximum absolute atomic E-state index is 10.8. The molecule has 3 N–H and O–H groups in total. The predicted octanol–water partition coefficient (Wildman–Crippen LogP) is 2.34. The molecule has 23 heavy (non-hydrogen) atoms. The first kappa shape index (κ1) is 17.1. The number of nitrogens with zero attached hydrogens (tertiary/aromatic N) is 1. The van der Waals surface area contributed by atoms with E-state index in [4.69, 9.17) is 0 Å². The molecule has 0 radical (unpaired) electrons. The van der Waals surface area contributed by atoms with E-state index in [1.165, 1.54) is 12.1 Å². The highest BCUT2D eigenvalue weighted by atomic mass is 16.6. The number of aliphatic hydroxyl groups excluding tert-OH is 2. The Morgan fingerprint density at radius 3 is 2.43 bits per heavy atom. The quantitative estimate of drug-likeness (QED) is 0.513. The first-order valence-electron chi connectivity index (χ1n) is 7.43. The number of nitrogens with one attached hydrogen (secondary N) is 1. The Balaban J connectivity index is 2.02. The van der Waals surface area contributed by atoms with Crippen LogP contribution < -0.4 is 5.32 Å². The van der Waals surface area contributed by atoms with Gasteiger partial charge < -0.3 is 15.5 Å². The molecule has 0 aromatic heterocycles. The Hall–Kier alpha value is -2.28. The van der Waals surface area contributed by atoms with Crippen LogP contribution in [0, 0.1) is 10.1 Å². The van der Waals surface area contributed by atoms with Crippen LogP contribution in [0.25, 0.3) is 0 Å². The van der Waals surface area contributed by atoms with E-state index in [9.17, 15) is 20.3 Å². The number of benzene rings is 2. The normalized spacial score (nSPS) is 13.5. The minimum absolute atomic E-state index is 0.0272.